The molecule has 1 heteroatoms. The van der Waals surface area contributed by atoms with Gasteiger partial charge in [-0.15, -0.1) is 0 Å². The van der Waals surface area contributed by atoms with E-state index in [1.807, 2.05) is 72.7 Å². The molecule has 0 fully saturated rings. The summed E-state index contributed by atoms with van der Waals surface area (Å²) in [4.78, 5) is 0. The van der Waals surface area contributed by atoms with Crippen LogP contribution < -0.4 is 5.73 Å². The monoisotopic (exact) mass is 303 g/mol. The Kier molecular flexibility index (Phi) is 22.0. The summed E-state index contributed by atoms with van der Waals surface area (Å²) in [6.07, 6.45) is 0. The molecule has 126 valence electrons. The lowest BCUT2D eigenvalue weighted by molar-refractivity contribution is 1.34. The second-order valence-corrected chi connectivity index (χ2v) is 3.94. The third kappa shape index (κ3) is 13.2. The topological polar surface area (TPSA) is 26.0 Å². The Labute approximate surface area is 139 Å². The van der Waals surface area contributed by atoms with Crippen molar-refractivity contribution in [2.45, 2.75) is 62.3 Å². The average molecular weight is 304 g/mol. The largest absolute Gasteiger partial charge is 0.399 e. The molecule has 0 saturated heterocycles. The van der Waals surface area contributed by atoms with Crippen LogP contribution in [0.25, 0.3) is 0 Å². The van der Waals surface area contributed by atoms with Gasteiger partial charge in [0.2, 0.25) is 0 Å². The standard InChI is InChI=1S/C8H10.C7H9N.3C2H6/c1-7-5-3-4-6-8(7)2;1-6-4-2-3-5-7(6)8;3*1-2/h3-6H,1-2H3;2-5H,8H2,1H3;3*1-2H3. The number of hydrogen-bond acceptors (Lipinski definition) is 1. The molecule has 2 rings (SSSR count). The number of nitrogen functional groups attached to an aromatic ring is 1. The summed E-state index contributed by atoms with van der Waals surface area (Å²) < 4.78 is 0. The summed E-state index contributed by atoms with van der Waals surface area (Å²) in [5.41, 5.74) is 10.3. The summed E-state index contributed by atoms with van der Waals surface area (Å²) in [6, 6.07) is 16.2. The molecule has 0 aliphatic heterocycles. The Morgan fingerprint density at radius 2 is 0.773 bits per heavy atom. The number of aryl methyl sites for hydroxylation is 3. The quantitative estimate of drug-likeness (QED) is 0.523. The van der Waals surface area contributed by atoms with E-state index in [4.69, 9.17) is 5.73 Å². The fourth-order valence-corrected chi connectivity index (χ4v) is 1.25. The minimum absolute atomic E-state index is 0.868. The zero-order valence-electron chi connectivity index (χ0n) is 16.2. The van der Waals surface area contributed by atoms with Crippen LogP contribution in [0.5, 0.6) is 0 Å². The van der Waals surface area contributed by atoms with Crippen molar-refractivity contribution in [3.05, 3.63) is 65.2 Å². The molecular formula is C21H37N. The smallest absolute Gasteiger partial charge is 0.0343 e. The molecule has 0 radical (unpaired) electrons. The molecule has 0 spiro atoms. The molecular weight excluding hydrogens is 266 g/mol. The molecule has 1 nitrogen and oxygen atoms in total. The minimum atomic E-state index is 0.868. The van der Waals surface area contributed by atoms with E-state index in [2.05, 4.69) is 38.1 Å². The summed E-state index contributed by atoms with van der Waals surface area (Å²) in [5, 5.41) is 0. The van der Waals surface area contributed by atoms with Gasteiger partial charge in [-0.1, -0.05) is 84.0 Å². The minimum Gasteiger partial charge on any atom is -0.399 e. The lowest BCUT2D eigenvalue weighted by atomic mass is 10.1. The summed E-state index contributed by atoms with van der Waals surface area (Å²) >= 11 is 0. The molecule has 2 aromatic rings. The molecule has 0 atom stereocenters. The number of rotatable bonds is 0. The van der Waals surface area contributed by atoms with Gasteiger partial charge >= 0.3 is 0 Å². The molecule has 22 heavy (non-hydrogen) atoms. The van der Waals surface area contributed by atoms with E-state index >= 15 is 0 Å². The predicted octanol–water partition coefficient (Wildman–Crippen LogP) is 6.96. The Balaban J connectivity index is -0.000000246. The maximum Gasteiger partial charge on any atom is 0.0343 e. The van der Waals surface area contributed by atoms with Crippen molar-refractivity contribution in [3.8, 4) is 0 Å². The van der Waals surface area contributed by atoms with Gasteiger partial charge in [0.1, 0.15) is 0 Å². The van der Waals surface area contributed by atoms with Gasteiger partial charge in [-0.25, -0.2) is 0 Å². The van der Waals surface area contributed by atoms with E-state index < -0.39 is 0 Å². The Bertz CT molecular complexity index is 362. The van der Waals surface area contributed by atoms with Gasteiger partial charge in [0.05, 0.1) is 0 Å². The van der Waals surface area contributed by atoms with Crippen LogP contribution in [0.2, 0.25) is 0 Å². The van der Waals surface area contributed by atoms with Crippen molar-refractivity contribution in [2.24, 2.45) is 0 Å². The highest BCUT2D eigenvalue weighted by atomic mass is 14.5. The average Bonchev–Trinajstić information content (AvgIpc) is 2.59. The predicted molar refractivity (Wildman–Crippen MR) is 106 cm³/mol. The van der Waals surface area contributed by atoms with Crippen molar-refractivity contribution in [1.82, 2.24) is 0 Å². The van der Waals surface area contributed by atoms with E-state index in [0.29, 0.717) is 0 Å². The lowest BCUT2D eigenvalue weighted by Gasteiger charge is -1.93. The van der Waals surface area contributed by atoms with Crippen LogP contribution >= 0.6 is 0 Å². The second-order valence-electron chi connectivity index (χ2n) is 3.94. The van der Waals surface area contributed by atoms with Crippen LogP contribution in [0.3, 0.4) is 0 Å². The third-order valence-corrected chi connectivity index (χ3v) is 2.61. The van der Waals surface area contributed by atoms with Crippen molar-refractivity contribution in [3.63, 3.8) is 0 Å². The number of hydrogen-bond donors (Lipinski definition) is 1. The van der Waals surface area contributed by atoms with E-state index in [1.54, 1.807) is 0 Å². The zero-order valence-corrected chi connectivity index (χ0v) is 16.2. The van der Waals surface area contributed by atoms with Crippen LogP contribution in [0.4, 0.5) is 5.69 Å². The van der Waals surface area contributed by atoms with Gasteiger partial charge in [-0.05, 0) is 43.5 Å². The van der Waals surface area contributed by atoms with Crippen molar-refractivity contribution < 1.29 is 0 Å². The lowest BCUT2D eigenvalue weighted by Crippen LogP contribution is -1.85. The number of para-hydroxylation sites is 1. The third-order valence-electron chi connectivity index (χ3n) is 2.61. The highest BCUT2D eigenvalue weighted by Crippen LogP contribution is 2.06. The fourth-order valence-electron chi connectivity index (χ4n) is 1.25. The van der Waals surface area contributed by atoms with Crippen molar-refractivity contribution >= 4 is 5.69 Å². The summed E-state index contributed by atoms with van der Waals surface area (Å²) in [5.74, 6) is 0. The van der Waals surface area contributed by atoms with Crippen LogP contribution in [-0.2, 0) is 0 Å². The van der Waals surface area contributed by atoms with Crippen molar-refractivity contribution in [1.29, 1.82) is 0 Å². The number of nitrogens with two attached hydrogens (primary N) is 1. The first kappa shape index (κ1) is 25.2. The number of benzene rings is 2. The highest BCUT2D eigenvalue weighted by molar-refractivity contribution is 5.44. The molecule has 0 aromatic heterocycles. The van der Waals surface area contributed by atoms with Crippen LogP contribution in [0.15, 0.2) is 48.5 Å². The first-order valence-corrected chi connectivity index (χ1v) is 8.44. The van der Waals surface area contributed by atoms with Crippen LogP contribution in [-0.4, -0.2) is 0 Å². The Hall–Kier alpha value is -1.76. The SMILES string of the molecule is CC.CC.CC.Cc1ccccc1C.Cc1ccccc1N. The van der Waals surface area contributed by atoms with Crippen LogP contribution in [0.1, 0.15) is 58.2 Å². The maximum atomic E-state index is 5.52. The fraction of sp³-hybridized carbons (Fsp3) is 0.429. The van der Waals surface area contributed by atoms with Gasteiger partial charge in [0, 0.05) is 5.69 Å². The van der Waals surface area contributed by atoms with E-state index in [-0.39, 0.29) is 0 Å². The van der Waals surface area contributed by atoms with E-state index in [0.717, 1.165) is 11.3 Å². The van der Waals surface area contributed by atoms with E-state index in [1.165, 1.54) is 11.1 Å². The van der Waals surface area contributed by atoms with Gasteiger partial charge in [0.25, 0.3) is 0 Å². The summed E-state index contributed by atoms with van der Waals surface area (Å²) in [7, 11) is 0. The molecule has 2 N–H and O–H groups in total. The van der Waals surface area contributed by atoms with Gasteiger partial charge in [0.15, 0.2) is 0 Å². The molecule has 0 aliphatic carbocycles. The Morgan fingerprint density at radius 3 is 0.955 bits per heavy atom. The molecule has 2 aromatic carbocycles. The normalized spacial score (nSPS) is 7.50. The maximum absolute atomic E-state index is 5.52. The van der Waals surface area contributed by atoms with Crippen LogP contribution in [0, 0.1) is 20.8 Å². The van der Waals surface area contributed by atoms with Gasteiger partial charge < -0.3 is 5.73 Å². The molecule has 0 bridgehead atoms. The van der Waals surface area contributed by atoms with Gasteiger partial charge in [-0.2, -0.15) is 0 Å². The second kappa shape index (κ2) is 19.2. The summed E-state index contributed by atoms with van der Waals surface area (Å²) in [6.45, 7) is 18.2. The van der Waals surface area contributed by atoms with E-state index in [9.17, 15) is 0 Å². The first-order valence-electron chi connectivity index (χ1n) is 8.44. The molecule has 0 amide bonds. The first-order chi connectivity index (χ1) is 10.6. The van der Waals surface area contributed by atoms with Crippen molar-refractivity contribution in [2.75, 3.05) is 5.73 Å². The molecule has 0 aliphatic rings. The molecule has 0 saturated carbocycles. The Morgan fingerprint density at radius 1 is 0.500 bits per heavy atom. The highest BCUT2D eigenvalue weighted by Gasteiger charge is 1.85. The number of anilines is 1. The van der Waals surface area contributed by atoms with Gasteiger partial charge in [-0.3, -0.25) is 0 Å². The molecule has 0 heterocycles. The molecule has 0 unspecified atom stereocenters. The zero-order chi connectivity index (χ0) is 18.0.